The zero-order chi connectivity index (χ0) is 20.9. The highest BCUT2D eigenvalue weighted by Crippen LogP contribution is 2.49. The highest BCUT2D eigenvalue weighted by atomic mass is 28.4. The predicted octanol–water partition coefficient (Wildman–Crippen LogP) is 1.05. The van der Waals surface area contributed by atoms with Gasteiger partial charge in [-0.05, 0) is 31.1 Å². The molecule has 28 heavy (non-hydrogen) atoms. The van der Waals surface area contributed by atoms with Crippen molar-refractivity contribution in [1.29, 1.82) is 0 Å². The summed E-state index contributed by atoms with van der Waals surface area (Å²) in [5.41, 5.74) is 0. The molecule has 162 valence electrons. The molecule has 11 heteroatoms. The SMILES string of the molecule is CO[Si](CCC1CC(CC[Si](OC)(OC)OC)C2C(=O)NC(=O)C12)(OC)OC. The first-order chi connectivity index (χ1) is 13.3. The first-order valence-electron chi connectivity index (χ1n) is 9.50. The Bertz CT molecular complexity index is 493. The maximum absolute atomic E-state index is 12.4. The van der Waals surface area contributed by atoms with Gasteiger partial charge in [0.2, 0.25) is 11.8 Å². The summed E-state index contributed by atoms with van der Waals surface area (Å²) in [4.78, 5) is 24.9. The highest BCUT2D eigenvalue weighted by molar-refractivity contribution is 6.60. The minimum Gasteiger partial charge on any atom is -0.377 e. The predicted molar refractivity (Wildman–Crippen MR) is 104 cm³/mol. The molecule has 0 aromatic heterocycles. The fourth-order valence-corrected chi connectivity index (χ4v) is 8.42. The third kappa shape index (κ3) is 4.56. The molecule has 0 radical (unpaired) electrons. The van der Waals surface area contributed by atoms with E-state index in [4.69, 9.17) is 26.6 Å². The molecule has 2 rings (SSSR count). The number of amides is 2. The largest absolute Gasteiger partial charge is 0.500 e. The minimum absolute atomic E-state index is 0.0810. The number of carbonyl (C=O) groups is 2. The van der Waals surface area contributed by atoms with E-state index in [2.05, 4.69) is 5.32 Å². The third-order valence-electron chi connectivity index (χ3n) is 6.37. The lowest BCUT2D eigenvalue weighted by molar-refractivity contribution is -0.127. The molecule has 2 aliphatic rings. The normalized spacial score (nSPS) is 27.9. The summed E-state index contributed by atoms with van der Waals surface area (Å²) in [6.45, 7) is 0. The van der Waals surface area contributed by atoms with E-state index in [9.17, 15) is 9.59 Å². The quantitative estimate of drug-likeness (QED) is 0.358. The van der Waals surface area contributed by atoms with E-state index in [-0.39, 0.29) is 35.5 Å². The number of carbonyl (C=O) groups excluding carboxylic acids is 2. The maximum Gasteiger partial charge on any atom is 0.500 e. The van der Waals surface area contributed by atoms with Gasteiger partial charge in [-0.1, -0.05) is 0 Å². The molecule has 9 nitrogen and oxygen atoms in total. The summed E-state index contributed by atoms with van der Waals surface area (Å²) >= 11 is 0. The van der Waals surface area contributed by atoms with Gasteiger partial charge in [0.25, 0.3) is 0 Å². The van der Waals surface area contributed by atoms with Crippen LogP contribution in [0.4, 0.5) is 0 Å². The first-order valence-corrected chi connectivity index (χ1v) is 13.4. The summed E-state index contributed by atoms with van der Waals surface area (Å²) < 4.78 is 33.0. The van der Waals surface area contributed by atoms with Crippen molar-refractivity contribution in [2.75, 3.05) is 42.7 Å². The number of hydrogen-bond acceptors (Lipinski definition) is 8. The van der Waals surface area contributed by atoms with Crippen molar-refractivity contribution >= 4 is 29.4 Å². The van der Waals surface area contributed by atoms with Crippen molar-refractivity contribution in [3.05, 3.63) is 0 Å². The number of rotatable bonds is 12. The van der Waals surface area contributed by atoms with Crippen LogP contribution in [0, 0.1) is 23.7 Å². The van der Waals surface area contributed by atoms with Gasteiger partial charge in [-0.3, -0.25) is 14.9 Å². The molecule has 0 bridgehead atoms. The maximum atomic E-state index is 12.4. The Kier molecular flexibility index (Phi) is 8.34. The highest BCUT2D eigenvalue weighted by Gasteiger charge is 2.56. The van der Waals surface area contributed by atoms with Crippen LogP contribution in [-0.2, 0) is 36.1 Å². The van der Waals surface area contributed by atoms with E-state index in [0.717, 1.165) is 6.42 Å². The average Bonchev–Trinajstić information content (AvgIpc) is 3.23. The lowest BCUT2D eigenvalue weighted by Crippen LogP contribution is -2.43. The van der Waals surface area contributed by atoms with Crippen molar-refractivity contribution in [1.82, 2.24) is 5.32 Å². The molecule has 1 N–H and O–H groups in total. The molecule has 2 fully saturated rings. The van der Waals surface area contributed by atoms with E-state index in [1.54, 1.807) is 42.7 Å². The van der Waals surface area contributed by atoms with Crippen LogP contribution in [0.15, 0.2) is 0 Å². The third-order valence-corrected chi connectivity index (χ3v) is 11.9. The van der Waals surface area contributed by atoms with Gasteiger partial charge in [-0.25, -0.2) is 0 Å². The zero-order valence-corrected chi connectivity index (χ0v) is 19.6. The lowest BCUT2D eigenvalue weighted by atomic mass is 9.87. The van der Waals surface area contributed by atoms with Crippen LogP contribution in [0.1, 0.15) is 19.3 Å². The molecule has 4 atom stereocenters. The number of imide groups is 1. The Hall–Kier alpha value is -0.666. The fourth-order valence-electron chi connectivity index (χ4n) is 4.74. The van der Waals surface area contributed by atoms with E-state index < -0.39 is 17.6 Å². The van der Waals surface area contributed by atoms with Gasteiger partial charge in [0.05, 0.1) is 11.8 Å². The van der Waals surface area contributed by atoms with Crippen molar-refractivity contribution in [3.63, 3.8) is 0 Å². The van der Waals surface area contributed by atoms with Crippen LogP contribution in [0.3, 0.4) is 0 Å². The fraction of sp³-hybridized carbons (Fsp3) is 0.882. The smallest absolute Gasteiger partial charge is 0.377 e. The van der Waals surface area contributed by atoms with Gasteiger partial charge >= 0.3 is 17.6 Å². The molecule has 0 aromatic rings. The van der Waals surface area contributed by atoms with Gasteiger partial charge in [0, 0.05) is 54.7 Å². The Morgan fingerprint density at radius 2 is 1.04 bits per heavy atom. The van der Waals surface area contributed by atoms with Crippen molar-refractivity contribution in [3.8, 4) is 0 Å². The topological polar surface area (TPSA) is 102 Å². The molecule has 4 unspecified atom stereocenters. The summed E-state index contributed by atoms with van der Waals surface area (Å²) in [6, 6.07) is 1.21. The number of fused-ring (bicyclic) bond motifs is 1. The van der Waals surface area contributed by atoms with Crippen LogP contribution in [0.5, 0.6) is 0 Å². The molecule has 1 aliphatic heterocycles. The second-order valence-electron chi connectivity index (χ2n) is 7.33. The zero-order valence-electron chi connectivity index (χ0n) is 17.6. The standard InChI is InChI=1S/C17H33NO8Si2/c1-21-27(22-2,23-3)9-7-12-11-13(8-10-28(24-4,25-5)26-6)15-14(12)16(19)18-17(15)20/h12-15H,7-11H2,1-6H3,(H,18,19,20). The second-order valence-corrected chi connectivity index (χ2v) is 13.5. The molecule has 0 spiro atoms. The van der Waals surface area contributed by atoms with Gasteiger partial charge in [-0.15, -0.1) is 0 Å². The summed E-state index contributed by atoms with van der Waals surface area (Å²) in [5, 5.41) is 2.51. The van der Waals surface area contributed by atoms with Crippen LogP contribution in [0.2, 0.25) is 12.1 Å². The second kappa shape index (κ2) is 9.89. The van der Waals surface area contributed by atoms with Crippen LogP contribution in [-0.4, -0.2) is 72.1 Å². The lowest BCUT2D eigenvalue weighted by Gasteiger charge is -2.27. The van der Waals surface area contributed by atoms with Crippen molar-refractivity contribution in [2.45, 2.75) is 31.4 Å². The van der Waals surface area contributed by atoms with Crippen molar-refractivity contribution < 1.29 is 36.1 Å². The Morgan fingerprint density at radius 3 is 1.32 bits per heavy atom. The molecular weight excluding hydrogens is 402 g/mol. The van der Waals surface area contributed by atoms with Gasteiger partial charge in [0.15, 0.2) is 0 Å². The summed E-state index contributed by atoms with van der Waals surface area (Å²) in [5.74, 6) is -0.793. The van der Waals surface area contributed by atoms with Crippen LogP contribution in [0.25, 0.3) is 0 Å². The van der Waals surface area contributed by atoms with Gasteiger partial charge < -0.3 is 26.6 Å². The number of hydrogen-bond donors (Lipinski definition) is 1. The molecular formula is C17H33NO8Si2. The van der Waals surface area contributed by atoms with E-state index in [1.165, 1.54) is 0 Å². The van der Waals surface area contributed by atoms with Crippen LogP contribution < -0.4 is 5.32 Å². The molecule has 2 amide bonds. The van der Waals surface area contributed by atoms with E-state index >= 15 is 0 Å². The van der Waals surface area contributed by atoms with E-state index in [0.29, 0.717) is 24.9 Å². The average molecular weight is 436 g/mol. The Labute approximate surface area is 169 Å². The van der Waals surface area contributed by atoms with Crippen LogP contribution >= 0.6 is 0 Å². The van der Waals surface area contributed by atoms with Gasteiger partial charge in [-0.2, -0.15) is 0 Å². The summed E-state index contributed by atoms with van der Waals surface area (Å²) in [6.07, 6.45) is 2.21. The Morgan fingerprint density at radius 1 is 0.714 bits per heavy atom. The molecule has 1 aliphatic carbocycles. The first kappa shape index (κ1) is 23.6. The minimum atomic E-state index is -2.73. The molecule has 1 saturated heterocycles. The van der Waals surface area contributed by atoms with E-state index in [1.807, 2.05) is 0 Å². The Balaban J connectivity index is 2.10. The summed E-state index contributed by atoms with van der Waals surface area (Å²) in [7, 11) is 4.02. The monoisotopic (exact) mass is 435 g/mol. The molecule has 1 heterocycles. The molecule has 0 aromatic carbocycles. The van der Waals surface area contributed by atoms with Gasteiger partial charge in [0.1, 0.15) is 0 Å². The number of nitrogens with one attached hydrogen (secondary N) is 1. The van der Waals surface area contributed by atoms with Crippen molar-refractivity contribution in [2.24, 2.45) is 23.7 Å². The molecule has 1 saturated carbocycles.